The van der Waals surface area contributed by atoms with Crippen LogP contribution in [-0.2, 0) is 6.54 Å². The van der Waals surface area contributed by atoms with Gasteiger partial charge in [-0.3, -0.25) is 4.79 Å². The Kier molecular flexibility index (Phi) is 4.79. The molecule has 1 heterocycles. The molecule has 0 spiro atoms. The van der Waals surface area contributed by atoms with E-state index >= 15 is 0 Å². The number of carboxylic acid groups (broad SMARTS) is 1. The van der Waals surface area contributed by atoms with Gasteiger partial charge in [-0.15, -0.1) is 0 Å². The first kappa shape index (κ1) is 17.3. The maximum Gasteiger partial charge on any atom is 0.356 e. The van der Waals surface area contributed by atoms with E-state index in [0.717, 1.165) is 5.56 Å². The number of nitrogens with zero attached hydrogens (tertiary/aromatic N) is 2. The number of nitrogens with one attached hydrogen (secondary N) is 1. The van der Waals surface area contributed by atoms with Crippen LogP contribution < -0.4 is 5.32 Å². The predicted molar refractivity (Wildman–Crippen MR) is 93.8 cm³/mol. The van der Waals surface area contributed by atoms with Crippen molar-refractivity contribution in [2.75, 3.05) is 5.32 Å². The average molecular weight is 353 g/mol. The van der Waals surface area contributed by atoms with Crippen molar-refractivity contribution < 1.29 is 19.1 Å². The lowest BCUT2D eigenvalue weighted by atomic mass is 10.1. The van der Waals surface area contributed by atoms with Gasteiger partial charge < -0.3 is 10.4 Å². The van der Waals surface area contributed by atoms with Crippen LogP contribution in [0.15, 0.2) is 54.6 Å². The second-order valence-corrected chi connectivity index (χ2v) is 5.79. The van der Waals surface area contributed by atoms with Crippen LogP contribution in [0.4, 0.5) is 10.2 Å². The molecule has 0 saturated heterocycles. The number of aromatic carboxylic acids is 1. The van der Waals surface area contributed by atoms with Gasteiger partial charge in [-0.25, -0.2) is 13.9 Å². The zero-order valence-corrected chi connectivity index (χ0v) is 13.9. The molecule has 3 rings (SSSR count). The van der Waals surface area contributed by atoms with E-state index in [2.05, 4.69) is 10.4 Å². The van der Waals surface area contributed by atoms with E-state index in [9.17, 15) is 14.0 Å². The Hall–Kier alpha value is -3.48. The molecule has 0 aliphatic carbocycles. The largest absolute Gasteiger partial charge is 0.476 e. The van der Waals surface area contributed by atoms with Crippen molar-refractivity contribution in [2.45, 2.75) is 13.5 Å². The lowest BCUT2D eigenvalue weighted by Gasteiger charge is -2.10. The van der Waals surface area contributed by atoms with Gasteiger partial charge in [0.15, 0.2) is 5.69 Å². The third-order valence-electron chi connectivity index (χ3n) is 3.83. The molecule has 0 saturated carbocycles. The summed E-state index contributed by atoms with van der Waals surface area (Å²) in [6.07, 6.45) is 0. The van der Waals surface area contributed by atoms with Gasteiger partial charge in [-0.2, -0.15) is 5.10 Å². The van der Waals surface area contributed by atoms with Gasteiger partial charge in [0, 0.05) is 17.2 Å². The third kappa shape index (κ3) is 3.77. The Morgan fingerprint density at radius 3 is 2.50 bits per heavy atom. The summed E-state index contributed by atoms with van der Waals surface area (Å²) in [6.45, 7) is 1.90. The second kappa shape index (κ2) is 7.18. The summed E-state index contributed by atoms with van der Waals surface area (Å²) in [5.41, 5.74) is 1.53. The summed E-state index contributed by atoms with van der Waals surface area (Å²) >= 11 is 0. The van der Waals surface area contributed by atoms with Crippen LogP contribution in [0.2, 0.25) is 0 Å². The maximum atomic E-state index is 13.9. The quantitative estimate of drug-likeness (QED) is 0.737. The van der Waals surface area contributed by atoms with Crippen molar-refractivity contribution in [2.24, 2.45) is 0 Å². The van der Waals surface area contributed by atoms with Crippen LogP contribution in [0.1, 0.15) is 32.0 Å². The van der Waals surface area contributed by atoms with E-state index in [1.54, 1.807) is 42.5 Å². The number of halogens is 1. The summed E-state index contributed by atoms with van der Waals surface area (Å²) in [6, 6.07) is 14.3. The molecule has 2 aromatic carbocycles. The van der Waals surface area contributed by atoms with E-state index in [1.165, 1.54) is 16.8 Å². The maximum absolute atomic E-state index is 13.9. The molecule has 1 amide bonds. The number of carbonyl (C=O) groups is 2. The van der Waals surface area contributed by atoms with Crippen LogP contribution in [0.5, 0.6) is 0 Å². The fourth-order valence-electron chi connectivity index (χ4n) is 2.42. The summed E-state index contributed by atoms with van der Waals surface area (Å²) in [4.78, 5) is 23.6. The standard InChI is InChI=1S/C19H16FN3O3/c1-12-6-8-13(9-7-12)18(24)21-17-10-16(19(25)26)22-23(17)11-14-4-2-3-5-15(14)20/h2-10H,11H2,1H3,(H,21,24)(H,25,26). The van der Waals surface area contributed by atoms with Gasteiger partial charge in [-0.05, 0) is 25.1 Å². The smallest absolute Gasteiger partial charge is 0.356 e. The Morgan fingerprint density at radius 1 is 1.15 bits per heavy atom. The van der Waals surface area contributed by atoms with Gasteiger partial charge in [0.2, 0.25) is 0 Å². The Bertz CT molecular complexity index is 964. The molecule has 0 atom stereocenters. The fourth-order valence-corrected chi connectivity index (χ4v) is 2.42. The van der Waals surface area contributed by atoms with Gasteiger partial charge in [0.25, 0.3) is 5.91 Å². The van der Waals surface area contributed by atoms with Gasteiger partial charge in [0.1, 0.15) is 11.6 Å². The van der Waals surface area contributed by atoms with E-state index in [-0.39, 0.29) is 18.1 Å². The summed E-state index contributed by atoms with van der Waals surface area (Å²) in [5.74, 6) is -1.90. The first-order valence-corrected chi connectivity index (χ1v) is 7.86. The van der Waals surface area contributed by atoms with Gasteiger partial charge >= 0.3 is 5.97 Å². The Morgan fingerprint density at radius 2 is 1.85 bits per heavy atom. The minimum absolute atomic E-state index is 0.0105. The SMILES string of the molecule is Cc1ccc(C(=O)Nc2cc(C(=O)O)nn2Cc2ccccc2F)cc1. The summed E-state index contributed by atoms with van der Waals surface area (Å²) in [5, 5.41) is 15.7. The zero-order valence-electron chi connectivity index (χ0n) is 13.9. The predicted octanol–water partition coefficient (Wildman–Crippen LogP) is 3.33. The molecule has 3 aromatic rings. The van der Waals surface area contributed by atoms with Crippen LogP contribution in [0, 0.1) is 12.7 Å². The molecule has 0 radical (unpaired) electrons. The highest BCUT2D eigenvalue weighted by atomic mass is 19.1. The Balaban J connectivity index is 1.90. The van der Waals surface area contributed by atoms with Gasteiger partial charge in [0.05, 0.1) is 6.54 Å². The van der Waals surface area contributed by atoms with Crippen molar-refractivity contribution in [3.05, 3.63) is 82.8 Å². The molecule has 7 heteroatoms. The van der Waals surface area contributed by atoms with Crippen molar-refractivity contribution >= 4 is 17.7 Å². The van der Waals surface area contributed by atoms with E-state index in [4.69, 9.17) is 5.11 Å². The normalized spacial score (nSPS) is 10.5. The molecule has 132 valence electrons. The van der Waals surface area contributed by atoms with Crippen molar-refractivity contribution in [3.8, 4) is 0 Å². The highest BCUT2D eigenvalue weighted by molar-refractivity contribution is 6.04. The number of aryl methyl sites for hydroxylation is 1. The topological polar surface area (TPSA) is 84.2 Å². The van der Waals surface area contributed by atoms with Crippen molar-refractivity contribution in [1.82, 2.24) is 9.78 Å². The molecule has 1 aromatic heterocycles. The number of carboxylic acids is 1. The molecule has 0 unspecified atom stereocenters. The number of benzene rings is 2. The van der Waals surface area contributed by atoms with E-state index < -0.39 is 17.7 Å². The molecule has 0 aliphatic rings. The van der Waals surface area contributed by atoms with E-state index in [0.29, 0.717) is 11.1 Å². The molecule has 6 nitrogen and oxygen atoms in total. The molecular formula is C19H16FN3O3. The number of hydrogen-bond donors (Lipinski definition) is 2. The number of rotatable bonds is 5. The highest BCUT2D eigenvalue weighted by Gasteiger charge is 2.17. The molecule has 0 aliphatic heterocycles. The van der Waals surface area contributed by atoms with Crippen molar-refractivity contribution in [3.63, 3.8) is 0 Å². The van der Waals surface area contributed by atoms with Crippen molar-refractivity contribution in [1.29, 1.82) is 0 Å². The number of hydrogen-bond acceptors (Lipinski definition) is 3. The number of anilines is 1. The molecular weight excluding hydrogens is 337 g/mol. The van der Waals surface area contributed by atoms with E-state index in [1.807, 2.05) is 6.92 Å². The number of amides is 1. The van der Waals surface area contributed by atoms with Crippen LogP contribution in [0.25, 0.3) is 0 Å². The number of aromatic nitrogens is 2. The van der Waals surface area contributed by atoms with Gasteiger partial charge in [-0.1, -0.05) is 35.9 Å². The molecule has 0 fully saturated rings. The van der Waals surface area contributed by atoms with Crippen LogP contribution in [-0.4, -0.2) is 26.8 Å². The minimum Gasteiger partial charge on any atom is -0.476 e. The summed E-state index contributed by atoms with van der Waals surface area (Å²) < 4.78 is 15.2. The molecule has 0 bridgehead atoms. The molecule has 26 heavy (non-hydrogen) atoms. The average Bonchev–Trinajstić information content (AvgIpc) is 3.00. The first-order valence-electron chi connectivity index (χ1n) is 7.86. The Labute approximate surface area is 148 Å². The fraction of sp³-hybridized carbons (Fsp3) is 0.105. The second-order valence-electron chi connectivity index (χ2n) is 5.79. The van der Waals surface area contributed by atoms with Crippen LogP contribution in [0.3, 0.4) is 0 Å². The minimum atomic E-state index is -1.23. The zero-order chi connectivity index (χ0) is 18.7. The molecule has 2 N–H and O–H groups in total. The highest BCUT2D eigenvalue weighted by Crippen LogP contribution is 2.17. The lowest BCUT2D eigenvalue weighted by molar-refractivity contribution is 0.0689. The summed E-state index contributed by atoms with van der Waals surface area (Å²) in [7, 11) is 0. The lowest BCUT2D eigenvalue weighted by Crippen LogP contribution is -2.16. The monoisotopic (exact) mass is 353 g/mol. The first-order chi connectivity index (χ1) is 12.4. The van der Waals surface area contributed by atoms with Crippen LogP contribution >= 0.6 is 0 Å². The third-order valence-corrected chi connectivity index (χ3v) is 3.83. The number of carbonyl (C=O) groups excluding carboxylic acids is 1.